The van der Waals surface area contributed by atoms with E-state index < -0.39 is 0 Å². The highest BCUT2D eigenvalue weighted by molar-refractivity contribution is 7.80. The summed E-state index contributed by atoms with van der Waals surface area (Å²) in [4.78, 5) is 14.3. The SMILES string of the molecule is Cc1ccc(-n2nc3cc(C)c(NC(=S)NC(=O)c4ccc(OCc5ccccc5)cc4)cc3n2)cc1. The Hall–Kier alpha value is -4.56. The van der Waals surface area contributed by atoms with Gasteiger partial charge in [-0.1, -0.05) is 48.0 Å². The van der Waals surface area contributed by atoms with Gasteiger partial charge in [0.2, 0.25) is 0 Å². The highest BCUT2D eigenvalue weighted by Gasteiger charge is 2.12. The molecule has 0 bridgehead atoms. The Kier molecular flexibility index (Phi) is 6.91. The number of carbonyl (C=O) groups is 1. The first-order chi connectivity index (χ1) is 17.9. The molecule has 2 N–H and O–H groups in total. The first kappa shape index (κ1) is 24.1. The highest BCUT2D eigenvalue weighted by Crippen LogP contribution is 2.22. The zero-order chi connectivity index (χ0) is 25.8. The Morgan fingerprint density at radius 1 is 0.892 bits per heavy atom. The van der Waals surface area contributed by atoms with Crippen LogP contribution in [-0.2, 0) is 6.61 Å². The predicted octanol–water partition coefficient (Wildman–Crippen LogP) is 5.74. The van der Waals surface area contributed by atoms with Crippen molar-refractivity contribution >= 4 is 40.0 Å². The summed E-state index contributed by atoms with van der Waals surface area (Å²) in [6.45, 7) is 4.45. The van der Waals surface area contributed by atoms with Crippen LogP contribution >= 0.6 is 12.2 Å². The number of aryl methyl sites for hydroxylation is 2. The molecule has 0 aliphatic rings. The first-order valence-corrected chi connectivity index (χ1v) is 12.2. The van der Waals surface area contributed by atoms with Gasteiger partial charge in [-0.25, -0.2) is 0 Å². The number of hydrogen-bond donors (Lipinski definition) is 2. The monoisotopic (exact) mass is 507 g/mol. The maximum absolute atomic E-state index is 12.7. The number of fused-ring (bicyclic) bond motifs is 1. The second kappa shape index (κ2) is 10.6. The minimum Gasteiger partial charge on any atom is -0.489 e. The van der Waals surface area contributed by atoms with Gasteiger partial charge in [0.25, 0.3) is 5.91 Å². The molecular formula is C29H25N5O2S. The zero-order valence-corrected chi connectivity index (χ0v) is 21.3. The van der Waals surface area contributed by atoms with Crippen molar-refractivity contribution in [2.75, 3.05) is 5.32 Å². The third-order valence-corrected chi connectivity index (χ3v) is 6.04. The summed E-state index contributed by atoms with van der Waals surface area (Å²) in [6, 6.07) is 28.7. The summed E-state index contributed by atoms with van der Waals surface area (Å²) in [6.07, 6.45) is 0. The van der Waals surface area contributed by atoms with Gasteiger partial charge in [0, 0.05) is 11.3 Å². The molecule has 5 aromatic rings. The molecule has 5 rings (SSSR count). The van der Waals surface area contributed by atoms with Gasteiger partial charge in [-0.05, 0) is 85.7 Å². The molecule has 1 aromatic heterocycles. The molecule has 0 unspecified atom stereocenters. The van der Waals surface area contributed by atoms with Crippen LogP contribution in [0.4, 0.5) is 5.69 Å². The number of nitrogens with one attached hydrogen (secondary N) is 2. The maximum Gasteiger partial charge on any atom is 0.257 e. The lowest BCUT2D eigenvalue weighted by atomic mass is 10.2. The van der Waals surface area contributed by atoms with Gasteiger partial charge < -0.3 is 10.1 Å². The molecule has 0 fully saturated rings. The smallest absolute Gasteiger partial charge is 0.257 e. The normalized spacial score (nSPS) is 10.8. The van der Waals surface area contributed by atoms with Gasteiger partial charge in [0.15, 0.2) is 5.11 Å². The molecule has 37 heavy (non-hydrogen) atoms. The van der Waals surface area contributed by atoms with E-state index in [4.69, 9.17) is 17.0 Å². The van der Waals surface area contributed by atoms with Crippen LogP contribution < -0.4 is 15.4 Å². The molecule has 1 amide bonds. The number of anilines is 1. The third-order valence-electron chi connectivity index (χ3n) is 5.83. The fourth-order valence-electron chi connectivity index (χ4n) is 3.77. The molecule has 0 aliphatic carbocycles. The highest BCUT2D eigenvalue weighted by atomic mass is 32.1. The van der Waals surface area contributed by atoms with Gasteiger partial charge in [0.05, 0.1) is 5.69 Å². The number of ether oxygens (including phenoxy) is 1. The number of carbonyl (C=O) groups excluding carboxylic acids is 1. The number of rotatable bonds is 6. The van der Waals surface area contributed by atoms with Gasteiger partial charge in [-0.2, -0.15) is 4.80 Å². The van der Waals surface area contributed by atoms with Crippen molar-refractivity contribution in [3.8, 4) is 11.4 Å². The number of amides is 1. The zero-order valence-electron chi connectivity index (χ0n) is 20.4. The van der Waals surface area contributed by atoms with Crippen LogP contribution in [0.2, 0.25) is 0 Å². The quantitative estimate of drug-likeness (QED) is 0.285. The molecule has 184 valence electrons. The average molecular weight is 508 g/mol. The fraction of sp³-hybridized carbons (Fsp3) is 0.103. The van der Waals surface area contributed by atoms with E-state index in [0.29, 0.717) is 23.4 Å². The molecule has 0 aliphatic heterocycles. The molecule has 0 saturated carbocycles. The van der Waals surface area contributed by atoms with Crippen LogP contribution in [0.15, 0.2) is 91.0 Å². The molecular weight excluding hydrogens is 482 g/mol. The van der Waals surface area contributed by atoms with Crippen molar-refractivity contribution in [3.63, 3.8) is 0 Å². The minimum absolute atomic E-state index is 0.197. The molecule has 0 radical (unpaired) electrons. The van der Waals surface area contributed by atoms with Gasteiger partial charge >= 0.3 is 0 Å². The average Bonchev–Trinajstić information content (AvgIpc) is 3.31. The van der Waals surface area contributed by atoms with Crippen LogP contribution in [-0.4, -0.2) is 26.0 Å². The summed E-state index contributed by atoms with van der Waals surface area (Å²) < 4.78 is 5.79. The Morgan fingerprint density at radius 2 is 1.57 bits per heavy atom. The van der Waals surface area contributed by atoms with Crippen LogP contribution in [0.5, 0.6) is 5.75 Å². The van der Waals surface area contributed by atoms with E-state index >= 15 is 0 Å². The lowest BCUT2D eigenvalue weighted by Crippen LogP contribution is -2.34. The van der Waals surface area contributed by atoms with E-state index in [2.05, 4.69) is 20.8 Å². The lowest BCUT2D eigenvalue weighted by molar-refractivity contribution is 0.0977. The molecule has 8 heteroatoms. The molecule has 0 spiro atoms. The summed E-state index contributed by atoms with van der Waals surface area (Å²) in [5.74, 6) is 0.375. The van der Waals surface area contributed by atoms with Crippen molar-refractivity contribution in [2.45, 2.75) is 20.5 Å². The number of thiocarbonyl (C=S) groups is 1. The molecule has 4 aromatic carbocycles. The third kappa shape index (κ3) is 5.82. The Labute approximate surface area is 220 Å². The van der Waals surface area contributed by atoms with Crippen LogP contribution in [0.25, 0.3) is 16.7 Å². The Balaban J connectivity index is 1.21. The van der Waals surface area contributed by atoms with E-state index in [9.17, 15) is 4.79 Å². The largest absolute Gasteiger partial charge is 0.489 e. The number of hydrogen-bond acceptors (Lipinski definition) is 5. The molecule has 0 saturated heterocycles. The van der Waals surface area contributed by atoms with Crippen molar-refractivity contribution in [2.24, 2.45) is 0 Å². The second-order valence-electron chi connectivity index (χ2n) is 8.69. The lowest BCUT2D eigenvalue weighted by Gasteiger charge is -2.12. The summed E-state index contributed by atoms with van der Waals surface area (Å²) in [5.41, 5.74) is 6.77. The predicted molar refractivity (Wildman–Crippen MR) is 149 cm³/mol. The van der Waals surface area contributed by atoms with Crippen molar-refractivity contribution in [3.05, 3.63) is 113 Å². The molecule has 7 nitrogen and oxygen atoms in total. The topological polar surface area (TPSA) is 81.1 Å². The summed E-state index contributed by atoms with van der Waals surface area (Å²) in [7, 11) is 0. The van der Waals surface area contributed by atoms with Crippen LogP contribution in [0.3, 0.4) is 0 Å². The van der Waals surface area contributed by atoms with Gasteiger partial charge in [0.1, 0.15) is 23.4 Å². The van der Waals surface area contributed by atoms with Crippen molar-refractivity contribution < 1.29 is 9.53 Å². The van der Waals surface area contributed by atoms with E-state index in [1.54, 1.807) is 29.1 Å². The number of aromatic nitrogens is 3. The molecule has 1 heterocycles. The Bertz CT molecular complexity index is 1560. The van der Waals surface area contributed by atoms with E-state index in [1.807, 2.05) is 80.6 Å². The summed E-state index contributed by atoms with van der Waals surface area (Å²) >= 11 is 5.40. The van der Waals surface area contributed by atoms with Crippen LogP contribution in [0, 0.1) is 13.8 Å². The molecule has 0 atom stereocenters. The fourth-order valence-corrected chi connectivity index (χ4v) is 3.97. The summed E-state index contributed by atoms with van der Waals surface area (Å²) in [5, 5.41) is 15.2. The van der Waals surface area contributed by atoms with Crippen LogP contribution in [0.1, 0.15) is 27.0 Å². The van der Waals surface area contributed by atoms with E-state index in [-0.39, 0.29) is 11.0 Å². The number of benzene rings is 4. The van der Waals surface area contributed by atoms with Gasteiger partial charge in [-0.3, -0.25) is 10.1 Å². The Morgan fingerprint density at radius 3 is 2.27 bits per heavy atom. The van der Waals surface area contributed by atoms with Gasteiger partial charge in [-0.15, -0.1) is 10.2 Å². The van der Waals surface area contributed by atoms with Crippen molar-refractivity contribution in [1.29, 1.82) is 0 Å². The second-order valence-corrected chi connectivity index (χ2v) is 9.10. The van der Waals surface area contributed by atoms with Crippen molar-refractivity contribution in [1.82, 2.24) is 20.3 Å². The maximum atomic E-state index is 12.7. The minimum atomic E-state index is -0.309. The van der Waals surface area contributed by atoms with E-state index in [0.717, 1.165) is 28.0 Å². The first-order valence-electron chi connectivity index (χ1n) is 11.8. The number of nitrogens with zero attached hydrogens (tertiary/aromatic N) is 3. The standard InChI is InChI=1S/C29H25N5O2S/c1-19-8-12-23(13-9-19)34-32-26-16-20(2)25(17-27(26)33-34)30-29(37)31-28(35)22-10-14-24(15-11-22)36-18-21-6-4-3-5-7-21/h3-17H,18H2,1-2H3,(H2,30,31,35,37). The van der Waals surface area contributed by atoms with E-state index in [1.165, 1.54) is 5.56 Å².